The molecular weight excluding hydrogens is 148 g/mol. The van der Waals surface area contributed by atoms with Crippen LogP contribution < -0.4 is 0 Å². The number of Topliss-reactive ketones (excluding diaryl/α,β-unsaturated/α-hetero) is 1. The van der Waals surface area contributed by atoms with E-state index in [1.165, 1.54) is 32.1 Å². The monoisotopic (exact) mass is 164 g/mol. The van der Waals surface area contributed by atoms with Gasteiger partial charge in [0.2, 0.25) is 0 Å². The number of ketones is 1. The molecule has 3 aliphatic carbocycles. The fraction of sp³-hybridized carbons (Fsp3) is 0.909. The van der Waals surface area contributed by atoms with E-state index in [1.807, 2.05) is 0 Å². The van der Waals surface area contributed by atoms with Crippen LogP contribution in [0.25, 0.3) is 0 Å². The van der Waals surface area contributed by atoms with Crippen LogP contribution in [0.2, 0.25) is 0 Å². The molecule has 12 heavy (non-hydrogen) atoms. The minimum atomic E-state index is 0.444. The minimum absolute atomic E-state index is 0.444. The third-order valence-corrected chi connectivity index (χ3v) is 4.84. The molecule has 0 amide bonds. The summed E-state index contributed by atoms with van der Waals surface area (Å²) in [6.07, 6.45) is 6.38. The molecule has 3 saturated carbocycles. The van der Waals surface area contributed by atoms with Gasteiger partial charge in [0.1, 0.15) is 5.78 Å². The van der Waals surface area contributed by atoms with Gasteiger partial charge in [-0.25, -0.2) is 0 Å². The number of carbonyl (C=O) groups is 1. The zero-order valence-electron chi connectivity index (χ0n) is 7.68. The zero-order valence-corrected chi connectivity index (χ0v) is 7.68. The normalized spacial score (nSPS) is 56.4. The molecule has 66 valence electrons. The summed E-state index contributed by atoms with van der Waals surface area (Å²) in [5, 5.41) is 0. The highest BCUT2D eigenvalue weighted by atomic mass is 16.1. The Kier molecular flexibility index (Phi) is 1.15. The Labute approximate surface area is 73.5 Å². The Hall–Kier alpha value is -0.330. The number of hydrogen-bond donors (Lipinski definition) is 0. The van der Waals surface area contributed by atoms with E-state index >= 15 is 0 Å². The fourth-order valence-corrected chi connectivity index (χ4v) is 4.21. The Morgan fingerprint density at radius 3 is 2.83 bits per heavy atom. The predicted molar refractivity (Wildman–Crippen MR) is 46.7 cm³/mol. The summed E-state index contributed by atoms with van der Waals surface area (Å²) in [6.45, 7) is 2.37. The molecule has 1 heteroatoms. The van der Waals surface area contributed by atoms with Gasteiger partial charge in [-0.2, -0.15) is 0 Å². The Bertz CT molecular complexity index is 245. The first-order valence-corrected chi connectivity index (χ1v) is 5.27. The van der Waals surface area contributed by atoms with E-state index in [0.29, 0.717) is 23.0 Å². The van der Waals surface area contributed by atoms with Gasteiger partial charge < -0.3 is 0 Å². The van der Waals surface area contributed by atoms with Crippen molar-refractivity contribution in [2.24, 2.45) is 23.2 Å². The highest BCUT2D eigenvalue weighted by molar-refractivity contribution is 5.88. The molecule has 0 aromatic rings. The van der Waals surface area contributed by atoms with Crippen molar-refractivity contribution in [3.05, 3.63) is 0 Å². The molecular formula is C11H16O. The van der Waals surface area contributed by atoms with Crippen molar-refractivity contribution >= 4 is 5.78 Å². The van der Waals surface area contributed by atoms with Gasteiger partial charge in [-0.3, -0.25) is 4.79 Å². The van der Waals surface area contributed by atoms with Crippen LogP contribution in [0.5, 0.6) is 0 Å². The predicted octanol–water partition coefficient (Wildman–Crippen LogP) is 2.40. The van der Waals surface area contributed by atoms with Crippen molar-refractivity contribution in [3.8, 4) is 0 Å². The van der Waals surface area contributed by atoms with Crippen LogP contribution in [0.3, 0.4) is 0 Å². The van der Waals surface area contributed by atoms with Crippen LogP contribution >= 0.6 is 0 Å². The lowest BCUT2D eigenvalue weighted by molar-refractivity contribution is -0.127. The molecule has 1 unspecified atom stereocenters. The summed E-state index contributed by atoms with van der Waals surface area (Å²) in [6, 6.07) is 0. The maximum Gasteiger partial charge on any atom is 0.139 e. The van der Waals surface area contributed by atoms with E-state index in [1.54, 1.807) is 0 Å². The molecule has 0 aliphatic heterocycles. The van der Waals surface area contributed by atoms with E-state index in [9.17, 15) is 4.79 Å². The second-order valence-electron chi connectivity index (χ2n) is 5.14. The fourth-order valence-electron chi connectivity index (χ4n) is 4.21. The van der Waals surface area contributed by atoms with Crippen LogP contribution in [0.1, 0.15) is 39.0 Å². The molecule has 0 spiro atoms. The highest BCUT2D eigenvalue weighted by Crippen LogP contribution is 2.64. The Morgan fingerprint density at radius 1 is 1.33 bits per heavy atom. The summed E-state index contributed by atoms with van der Waals surface area (Å²) in [5.41, 5.74) is 0.444. The molecule has 3 rings (SSSR count). The van der Waals surface area contributed by atoms with Crippen molar-refractivity contribution in [1.82, 2.24) is 0 Å². The highest BCUT2D eigenvalue weighted by Gasteiger charge is 2.62. The van der Waals surface area contributed by atoms with E-state index < -0.39 is 0 Å². The van der Waals surface area contributed by atoms with Gasteiger partial charge in [-0.05, 0) is 37.0 Å². The summed E-state index contributed by atoms with van der Waals surface area (Å²) in [5.74, 6) is 2.37. The second-order valence-corrected chi connectivity index (χ2v) is 5.14. The van der Waals surface area contributed by atoms with Crippen molar-refractivity contribution in [3.63, 3.8) is 0 Å². The Morgan fingerprint density at radius 2 is 2.17 bits per heavy atom. The molecule has 1 nitrogen and oxygen atoms in total. The standard InChI is InChI=1S/C11H16O/c1-11-6-5-7-8(11)3-2-4-9(11)10(7)12/h7-9H,2-6H2,1H3/t7-,8?,9+,11+/m1/s1. The maximum atomic E-state index is 11.9. The topological polar surface area (TPSA) is 17.1 Å². The van der Waals surface area contributed by atoms with Gasteiger partial charge in [0.05, 0.1) is 0 Å². The summed E-state index contributed by atoms with van der Waals surface area (Å²) < 4.78 is 0. The quantitative estimate of drug-likeness (QED) is 0.537. The molecule has 0 radical (unpaired) electrons. The minimum Gasteiger partial charge on any atom is -0.299 e. The van der Waals surface area contributed by atoms with Crippen molar-refractivity contribution in [1.29, 1.82) is 0 Å². The number of hydrogen-bond acceptors (Lipinski definition) is 1. The van der Waals surface area contributed by atoms with E-state index in [4.69, 9.17) is 0 Å². The van der Waals surface area contributed by atoms with Crippen LogP contribution in [0, 0.1) is 23.2 Å². The molecule has 0 aromatic heterocycles. The maximum absolute atomic E-state index is 11.9. The van der Waals surface area contributed by atoms with Gasteiger partial charge in [0.25, 0.3) is 0 Å². The van der Waals surface area contributed by atoms with Crippen LogP contribution in [-0.4, -0.2) is 5.78 Å². The molecule has 0 heterocycles. The summed E-state index contributed by atoms with van der Waals surface area (Å²) in [4.78, 5) is 11.9. The Balaban J connectivity index is 2.10. The van der Waals surface area contributed by atoms with Crippen LogP contribution in [0.15, 0.2) is 0 Å². The van der Waals surface area contributed by atoms with E-state index in [-0.39, 0.29) is 0 Å². The summed E-state index contributed by atoms with van der Waals surface area (Å²) in [7, 11) is 0. The first-order chi connectivity index (χ1) is 5.73. The van der Waals surface area contributed by atoms with E-state index in [2.05, 4.69) is 6.92 Å². The first-order valence-electron chi connectivity index (χ1n) is 5.27. The second kappa shape index (κ2) is 1.94. The van der Waals surface area contributed by atoms with Gasteiger partial charge >= 0.3 is 0 Å². The van der Waals surface area contributed by atoms with Gasteiger partial charge in [-0.1, -0.05) is 13.3 Å². The molecule has 0 saturated heterocycles. The molecule has 0 N–H and O–H groups in total. The summed E-state index contributed by atoms with van der Waals surface area (Å²) >= 11 is 0. The average molecular weight is 164 g/mol. The van der Waals surface area contributed by atoms with Gasteiger partial charge in [0.15, 0.2) is 0 Å². The van der Waals surface area contributed by atoms with Crippen LogP contribution in [0.4, 0.5) is 0 Å². The molecule has 0 aromatic carbocycles. The van der Waals surface area contributed by atoms with Gasteiger partial charge in [0, 0.05) is 11.8 Å². The SMILES string of the molecule is C[C@@]12CC[C@H]3C(=O)[C@@H]1CCCC32. The van der Waals surface area contributed by atoms with Crippen molar-refractivity contribution in [2.75, 3.05) is 0 Å². The van der Waals surface area contributed by atoms with Crippen molar-refractivity contribution in [2.45, 2.75) is 39.0 Å². The third kappa shape index (κ3) is 0.571. The average Bonchev–Trinajstić information content (AvgIpc) is 2.40. The lowest BCUT2D eigenvalue weighted by atomic mass is 9.66. The number of carbonyl (C=O) groups excluding carboxylic acids is 1. The lowest BCUT2D eigenvalue weighted by Crippen LogP contribution is -2.32. The lowest BCUT2D eigenvalue weighted by Gasteiger charge is -2.37. The molecule has 4 atom stereocenters. The molecule has 4 bridgehead atoms. The van der Waals surface area contributed by atoms with Crippen LogP contribution in [-0.2, 0) is 4.79 Å². The van der Waals surface area contributed by atoms with E-state index in [0.717, 1.165) is 5.92 Å². The van der Waals surface area contributed by atoms with Crippen molar-refractivity contribution < 1.29 is 4.79 Å². The van der Waals surface area contributed by atoms with Gasteiger partial charge in [-0.15, -0.1) is 0 Å². The largest absolute Gasteiger partial charge is 0.299 e. The smallest absolute Gasteiger partial charge is 0.139 e. The third-order valence-electron chi connectivity index (χ3n) is 4.84. The zero-order chi connectivity index (χ0) is 8.34. The first kappa shape index (κ1) is 7.11. The number of rotatable bonds is 0. The molecule has 3 fully saturated rings. The molecule has 3 aliphatic rings.